The van der Waals surface area contributed by atoms with E-state index >= 15 is 0 Å². The van der Waals surface area contributed by atoms with Crippen molar-refractivity contribution in [3.05, 3.63) is 30.1 Å². The molecule has 0 unspecified atom stereocenters. The smallest absolute Gasteiger partial charge is 0.253 e. The van der Waals surface area contributed by atoms with Crippen LogP contribution in [0.4, 0.5) is 0 Å². The Labute approximate surface area is 143 Å². The van der Waals surface area contributed by atoms with E-state index in [0.29, 0.717) is 31.5 Å². The van der Waals surface area contributed by atoms with Gasteiger partial charge in [-0.2, -0.15) is 0 Å². The number of alkyl halides is 2. The predicted octanol–water partition coefficient (Wildman–Crippen LogP) is 2.09. The molecule has 0 saturated carbocycles. The number of benzene rings is 1. The molecule has 122 valence electrons. The summed E-state index contributed by atoms with van der Waals surface area (Å²) in [4.78, 5) is 31.9. The molecule has 1 aliphatic rings. The molecular weight excluding hydrogens is 339 g/mol. The van der Waals surface area contributed by atoms with Gasteiger partial charge in [0.25, 0.3) is 11.8 Å². The molecule has 1 fully saturated rings. The number of aromatic nitrogens is 2. The lowest BCUT2D eigenvalue weighted by atomic mass is 10.0. The lowest BCUT2D eigenvalue weighted by molar-refractivity contribution is -0.120. The molecule has 1 aromatic carbocycles. The van der Waals surface area contributed by atoms with Crippen molar-refractivity contribution >= 4 is 46.0 Å². The maximum Gasteiger partial charge on any atom is 0.253 e. The third-order valence-electron chi connectivity index (χ3n) is 3.99. The number of piperidine rings is 1. The van der Waals surface area contributed by atoms with Crippen molar-refractivity contribution in [1.29, 1.82) is 0 Å². The number of carbonyl (C=O) groups is 2. The first-order valence-corrected chi connectivity index (χ1v) is 8.23. The molecule has 8 heteroatoms. The van der Waals surface area contributed by atoms with Crippen LogP contribution in [0.1, 0.15) is 23.2 Å². The zero-order valence-corrected chi connectivity index (χ0v) is 13.8. The monoisotopic (exact) mass is 354 g/mol. The van der Waals surface area contributed by atoms with Gasteiger partial charge in [-0.25, -0.2) is 4.98 Å². The maximum absolute atomic E-state index is 12.6. The second kappa shape index (κ2) is 6.76. The van der Waals surface area contributed by atoms with Gasteiger partial charge in [-0.3, -0.25) is 9.59 Å². The number of H-pyrrole nitrogens is 1. The van der Waals surface area contributed by atoms with E-state index in [1.54, 1.807) is 17.3 Å². The fourth-order valence-electron chi connectivity index (χ4n) is 2.74. The van der Waals surface area contributed by atoms with Crippen LogP contribution in [0.15, 0.2) is 24.5 Å². The largest absolute Gasteiger partial charge is 0.351 e. The number of halogens is 2. The van der Waals surface area contributed by atoms with E-state index in [1.165, 1.54) is 0 Å². The quantitative estimate of drug-likeness (QED) is 0.828. The molecule has 1 aromatic heterocycles. The number of hydrogen-bond acceptors (Lipinski definition) is 3. The second-order valence-electron chi connectivity index (χ2n) is 5.51. The Kier molecular flexibility index (Phi) is 4.73. The summed E-state index contributed by atoms with van der Waals surface area (Å²) in [6.07, 6.45) is 2.97. The van der Waals surface area contributed by atoms with E-state index < -0.39 is 4.84 Å². The molecule has 0 radical (unpaired) electrons. The summed E-state index contributed by atoms with van der Waals surface area (Å²) in [6, 6.07) is 5.42. The van der Waals surface area contributed by atoms with Crippen molar-refractivity contribution in [1.82, 2.24) is 20.2 Å². The van der Waals surface area contributed by atoms with Gasteiger partial charge in [0, 0.05) is 24.7 Å². The number of nitrogens with zero attached hydrogens (tertiary/aromatic N) is 2. The van der Waals surface area contributed by atoms with Crippen LogP contribution in [0.25, 0.3) is 11.0 Å². The van der Waals surface area contributed by atoms with Crippen molar-refractivity contribution in [3.8, 4) is 0 Å². The summed E-state index contributed by atoms with van der Waals surface area (Å²) in [6.45, 7) is 1.17. The maximum atomic E-state index is 12.6. The lowest BCUT2D eigenvalue weighted by Crippen LogP contribution is -2.47. The summed E-state index contributed by atoms with van der Waals surface area (Å²) < 4.78 is 0. The van der Waals surface area contributed by atoms with Gasteiger partial charge in [0.15, 0.2) is 4.84 Å². The van der Waals surface area contributed by atoms with Crippen molar-refractivity contribution < 1.29 is 9.59 Å². The van der Waals surface area contributed by atoms with Gasteiger partial charge in [-0.15, -0.1) is 0 Å². The van der Waals surface area contributed by atoms with Crippen LogP contribution < -0.4 is 5.32 Å². The third-order valence-corrected chi connectivity index (χ3v) is 4.39. The number of aromatic amines is 1. The highest BCUT2D eigenvalue weighted by molar-refractivity contribution is 6.53. The van der Waals surface area contributed by atoms with Gasteiger partial charge < -0.3 is 15.2 Å². The number of amides is 2. The van der Waals surface area contributed by atoms with E-state index in [4.69, 9.17) is 23.2 Å². The molecule has 1 aliphatic heterocycles. The standard InChI is InChI=1S/C15H16Cl2N4O2/c16-13(17)14(22)20-10-3-5-21(6-4-10)15(23)9-1-2-11-12(7-9)19-8-18-11/h1-2,7-8,10,13H,3-6H2,(H,18,19)(H,20,22). The van der Waals surface area contributed by atoms with Crippen LogP contribution in [0.2, 0.25) is 0 Å². The number of carbonyl (C=O) groups excluding carboxylic acids is 2. The summed E-state index contributed by atoms with van der Waals surface area (Å²) in [5.41, 5.74) is 2.30. The Morgan fingerprint density at radius 3 is 2.74 bits per heavy atom. The van der Waals surface area contributed by atoms with Gasteiger partial charge in [0.1, 0.15) is 0 Å². The molecule has 2 N–H and O–H groups in total. The van der Waals surface area contributed by atoms with Gasteiger partial charge in [-0.1, -0.05) is 23.2 Å². The average molecular weight is 355 g/mol. The number of likely N-dealkylation sites (tertiary alicyclic amines) is 1. The number of fused-ring (bicyclic) bond motifs is 1. The molecule has 2 amide bonds. The molecule has 0 bridgehead atoms. The van der Waals surface area contributed by atoms with E-state index in [9.17, 15) is 9.59 Å². The SMILES string of the molecule is O=C(NC1CCN(C(=O)c2ccc3nc[nH]c3c2)CC1)C(Cl)Cl. The van der Waals surface area contributed by atoms with E-state index in [2.05, 4.69) is 15.3 Å². The normalized spacial score (nSPS) is 16.0. The molecule has 0 aliphatic carbocycles. The van der Waals surface area contributed by atoms with Crippen LogP contribution in [0.3, 0.4) is 0 Å². The van der Waals surface area contributed by atoms with E-state index in [1.807, 2.05) is 12.1 Å². The minimum absolute atomic E-state index is 0.00152. The van der Waals surface area contributed by atoms with E-state index in [-0.39, 0.29) is 17.9 Å². The topological polar surface area (TPSA) is 78.1 Å². The molecule has 23 heavy (non-hydrogen) atoms. The van der Waals surface area contributed by atoms with Crippen LogP contribution in [0.5, 0.6) is 0 Å². The highest BCUT2D eigenvalue weighted by Crippen LogP contribution is 2.17. The number of hydrogen-bond donors (Lipinski definition) is 2. The fourth-order valence-corrected chi connectivity index (χ4v) is 2.87. The van der Waals surface area contributed by atoms with Gasteiger partial charge >= 0.3 is 0 Å². The first-order chi connectivity index (χ1) is 11.0. The number of nitrogens with one attached hydrogen (secondary N) is 2. The minimum Gasteiger partial charge on any atom is -0.351 e. The summed E-state index contributed by atoms with van der Waals surface area (Å²) in [5, 5.41) is 2.78. The average Bonchev–Trinajstić information content (AvgIpc) is 3.02. The molecule has 0 atom stereocenters. The van der Waals surface area contributed by atoms with Crippen LogP contribution in [-0.4, -0.2) is 50.6 Å². The summed E-state index contributed by atoms with van der Waals surface area (Å²) >= 11 is 11.1. The van der Waals surface area contributed by atoms with Crippen molar-refractivity contribution in [3.63, 3.8) is 0 Å². The van der Waals surface area contributed by atoms with Crippen LogP contribution >= 0.6 is 23.2 Å². The molecule has 2 heterocycles. The fraction of sp³-hybridized carbons (Fsp3) is 0.400. The Balaban J connectivity index is 1.60. The van der Waals surface area contributed by atoms with E-state index in [0.717, 1.165) is 11.0 Å². The number of rotatable bonds is 3. The summed E-state index contributed by atoms with van der Waals surface area (Å²) in [5.74, 6) is -0.401. The first kappa shape index (κ1) is 16.1. The molecule has 3 rings (SSSR count). The molecule has 1 saturated heterocycles. The Bertz CT molecular complexity index is 723. The Morgan fingerprint density at radius 1 is 1.30 bits per heavy atom. The highest BCUT2D eigenvalue weighted by Gasteiger charge is 2.26. The van der Waals surface area contributed by atoms with Crippen LogP contribution in [-0.2, 0) is 4.79 Å². The van der Waals surface area contributed by atoms with Crippen LogP contribution in [0, 0.1) is 0 Å². The lowest BCUT2D eigenvalue weighted by Gasteiger charge is -2.32. The van der Waals surface area contributed by atoms with Gasteiger partial charge in [-0.05, 0) is 31.0 Å². The van der Waals surface area contributed by atoms with Crippen molar-refractivity contribution in [2.24, 2.45) is 0 Å². The highest BCUT2D eigenvalue weighted by atomic mass is 35.5. The second-order valence-corrected chi connectivity index (χ2v) is 6.61. The molecule has 0 spiro atoms. The third kappa shape index (κ3) is 3.59. The van der Waals surface area contributed by atoms with Gasteiger partial charge in [0.2, 0.25) is 0 Å². The molecular formula is C15H16Cl2N4O2. The molecule has 6 nitrogen and oxygen atoms in total. The van der Waals surface area contributed by atoms with Crippen molar-refractivity contribution in [2.75, 3.05) is 13.1 Å². The predicted molar refractivity (Wildman–Crippen MR) is 88.7 cm³/mol. The summed E-state index contributed by atoms with van der Waals surface area (Å²) in [7, 11) is 0. The first-order valence-electron chi connectivity index (χ1n) is 7.35. The molecule has 2 aromatic rings. The number of imidazole rings is 1. The van der Waals surface area contributed by atoms with Crippen molar-refractivity contribution in [2.45, 2.75) is 23.7 Å². The van der Waals surface area contributed by atoms with Gasteiger partial charge in [0.05, 0.1) is 17.4 Å². The minimum atomic E-state index is -1.06. The zero-order chi connectivity index (χ0) is 16.4. The Hall–Kier alpha value is -1.79. The zero-order valence-electron chi connectivity index (χ0n) is 12.3. The Morgan fingerprint density at radius 2 is 2.04 bits per heavy atom.